The number of hydrogen-bond donors (Lipinski definition) is 1. The van der Waals surface area contributed by atoms with E-state index in [1.54, 1.807) is 6.20 Å². The lowest BCUT2D eigenvalue weighted by atomic mass is 10.2. The van der Waals surface area contributed by atoms with Gasteiger partial charge in [-0.2, -0.15) is 0 Å². The van der Waals surface area contributed by atoms with Crippen molar-refractivity contribution in [3.05, 3.63) is 57.7 Å². The minimum absolute atomic E-state index is 0.347. The average molecular weight is 325 g/mol. The van der Waals surface area contributed by atoms with Gasteiger partial charge in [0.2, 0.25) is 5.88 Å². The lowest BCUT2D eigenvalue weighted by Crippen LogP contribution is -2.14. The summed E-state index contributed by atoms with van der Waals surface area (Å²) in [6.45, 7) is 4.21. The van der Waals surface area contributed by atoms with Crippen molar-refractivity contribution in [3.63, 3.8) is 0 Å². The lowest BCUT2D eigenvalue weighted by Gasteiger charge is -2.10. The number of halogens is 2. The van der Waals surface area contributed by atoms with Crippen molar-refractivity contribution in [2.24, 2.45) is 0 Å². The van der Waals surface area contributed by atoms with Crippen molar-refractivity contribution >= 4 is 23.2 Å². The minimum Gasteiger partial charge on any atom is -0.472 e. The summed E-state index contributed by atoms with van der Waals surface area (Å²) in [5.74, 6) is 0.427. The smallest absolute Gasteiger partial charge is 0.232 e. The van der Waals surface area contributed by atoms with E-state index in [0.29, 0.717) is 22.5 Å². The lowest BCUT2D eigenvalue weighted by molar-refractivity contribution is 0.294. The molecule has 0 unspecified atom stereocenters. The molecule has 0 spiro atoms. The van der Waals surface area contributed by atoms with Crippen LogP contribution in [0.1, 0.15) is 24.5 Å². The fraction of sp³-hybridized carbons (Fsp3) is 0.312. The van der Waals surface area contributed by atoms with E-state index < -0.39 is 0 Å². The molecule has 21 heavy (non-hydrogen) atoms. The van der Waals surface area contributed by atoms with Gasteiger partial charge in [0.15, 0.2) is 0 Å². The summed E-state index contributed by atoms with van der Waals surface area (Å²) >= 11 is 12.3. The topological polar surface area (TPSA) is 34.2 Å². The number of hydrogen-bond acceptors (Lipinski definition) is 3. The molecular weight excluding hydrogens is 307 g/mol. The highest BCUT2D eigenvalue weighted by Gasteiger charge is 2.07. The molecule has 5 heteroatoms. The van der Waals surface area contributed by atoms with Crippen LogP contribution in [0, 0.1) is 0 Å². The zero-order valence-corrected chi connectivity index (χ0v) is 13.4. The average Bonchev–Trinajstić information content (AvgIpc) is 2.48. The quantitative estimate of drug-likeness (QED) is 0.763. The fourth-order valence-electron chi connectivity index (χ4n) is 1.84. The molecule has 1 aromatic carbocycles. The molecule has 0 fully saturated rings. The molecule has 112 valence electrons. The Morgan fingerprint density at radius 2 is 2.00 bits per heavy atom. The molecule has 1 heterocycles. The second kappa shape index (κ2) is 8.23. The largest absolute Gasteiger partial charge is 0.472 e. The first-order valence-electron chi connectivity index (χ1n) is 6.92. The summed E-state index contributed by atoms with van der Waals surface area (Å²) in [4.78, 5) is 4.26. The van der Waals surface area contributed by atoms with Gasteiger partial charge in [-0.1, -0.05) is 48.3 Å². The van der Waals surface area contributed by atoms with Gasteiger partial charge in [0.25, 0.3) is 0 Å². The Morgan fingerprint density at radius 1 is 1.19 bits per heavy atom. The van der Waals surface area contributed by atoms with Crippen LogP contribution in [0.15, 0.2) is 36.5 Å². The molecule has 1 N–H and O–H groups in total. The Balaban J connectivity index is 1.96. The summed E-state index contributed by atoms with van der Waals surface area (Å²) in [5, 5.41) is 4.49. The van der Waals surface area contributed by atoms with Crippen LogP contribution in [-0.4, -0.2) is 11.5 Å². The number of aromatic nitrogens is 1. The van der Waals surface area contributed by atoms with Crippen LogP contribution in [0.25, 0.3) is 0 Å². The second-order valence-corrected chi connectivity index (χ2v) is 5.50. The van der Waals surface area contributed by atoms with E-state index in [9.17, 15) is 0 Å². The maximum Gasteiger partial charge on any atom is 0.232 e. The molecule has 3 nitrogen and oxygen atoms in total. The molecule has 0 atom stereocenters. The van der Waals surface area contributed by atoms with E-state index in [2.05, 4.69) is 17.2 Å². The molecule has 2 rings (SSSR count). The van der Waals surface area contributed by atoms with Crippen molar-refractivity contribution in [2.45, 2.75) is 26.5 Å². The maximum atomic E-state index is 6.20. The van der Waals surface area contributed by atoms with Crippen molar-refractivity contribution in [2.75, 3.05) is 6.54 Å². The summed E-state index contributed by atoms with van der Waals surface area (Å²) in [5.41, 5.74) is 1.95. The predicted molar refractivity (Wildman–Crippen MR) is 87.0 cm³/mol. The SMILES string of the molecule is CCCNCc1cnc(OCc2ccccc2Cl)c(Cl)c1. The van der Waals surface area contributed by atoms with Crippen LogP contribution in [-0.2, 0) is 13.2 Å². The number of nitrogens with one attached hydrogen (secondary N) is 1. The van der Waals surface area contributed by atoms with Crippen LogP contribution in [0.5, 0.6) is 5.88 Å². The Hall–Kier alpha value is -1.29. The molecular formula is C16H18Cl2N2O. The van der Waals surface area contributed by atoms with Crippen LogP contribution in [0.3, 0.4) is 0 Å². The first-order valence-corrected chi connectivity index (χ1v) is 7.67. The van der Waals surface area contributed by atoms with Crippen molar-refractivity contribution < 1.29 is 4.74 Å². The van der Waals surface area contributed by atoms with Gasteiger partial charge in [-0.25, -0.2) is 4.98 Å². The van der Waals surface area contributed by atoms with Crippen LogP contribution >= 0.6 is 23.2 Å². The first kappa shape index (κ1) is 16.1. The van der Waals surface area contributed by atoms with Gasteiger partial charge in [0.1, 0.15) is 11.6 Å². The molecule has 0 aliphatic heterocycles. The summed E-state index contributed by atoms with van der Waals surface area (Å²) in [7, 11) is 0. The first-order chi connectivity index (χ1) is 10.2. The summed E-state index contributed by atoms with van der Waals surface area (Å²) in [6, 6.07) is 9.42. The van der Waals surface area contributed by atoms with E-state index in [4.69, 9.17) is 27.9 Å². The third-order valence-electron chi connectivity index (χ3n) is 2.94. The molecule has 0 saturated heterocycles. The Bertz CT molecular complexity index is 590. The number of ether oxygens (including phenoxy) is 1. The number of benzene rings is 1. The van der Waals surface area contributed by atoms with E-state index in [-0.39, 0.29) is 0 Å². The predicted octanol–water partition coefficient (Wildman–Crippen LogP) is 4.47. The zero-order chi connectivity index (χ0) is 15.1. The molecule has 0 radical (unpaired) electrons. The van der Waals surface area contributed by atoms with Crippen molar-refractivity contribution in [3.8, 4) is 5.88 Å². The van der Waals surface area contributed by atoms with Gasteiger partial charge in [0.05, 0.1) is 0 Å². The number of rotatable bonds is 7. The molecule has 0 amide bonds. The van der Waals surface area contributed by atoms with Crippen molar-refractivity contribution in [1.82, 2.24) is 10.3 Å². The van der Waals surface area contributed by atoms with E-state index >= 15 is 0 Å². The van der Waals surface area contributed by atoms with Crippen LogP contribution < -0.4 is 10.1 Å². The van der Waals surface area contributed by atoms with Gasteiger partial charge in [-0.05, 0) is 30.7 Å². The normalized spacial score (nSPS) is 10.6. The molecule has 0 aliphatic carbocycles. The van der Waals surface area contributed by atoms with Crippen molar-refractivity contribution in [1.29, 1.82) is 0 Å². The van der Waals surface area contributed by atoms with Gasteiger partial charge < -0.3 is 10.1 Å². The Kier molecular flexibility index (Phi) is 6.30. The molecule has 0 aliphatic rings. The highest BCUT2D eigenvalue weighted by molar-refractivity contribution is 6.32. The monoisotopic (exact) mass is 324 g/mol. The van der Waals surface area contributed by atoms with Crippen LogP contribution in [0.4, 0.5) is 0 Å². The number of nitrogens with zero attached hydrogens (tertiary/aromatic N) is 1. The third-order valence-corrected chi connectivity index (χ3v) is 3.58. The summed E-state index contributed by atoms with van der Waals surface area (Å²) in [6.07, 6.45) is 2.87. The minimum atomic E-state index is 0.347. The van der Waals surface area contributed by atoms with Gasteiger partial charge in [0, 0.05) is 23.3 Å². The van der Waals surface area contributed by atoms with Gasteiger partial charge >= 0.3 is 0 Å². The second-order valence-electron chi connectivity index (χ2n) is 4.69. The molecule has 2 aromatic rings. The highest BCUT2D eigenvalue weighted by atomic mass is 35.5. The van der Waals surface area contributed by atoms with E-state index in [1.165, 1.54) is 0 Å². The maximum absolute atomic E-state index is 6.20. The van der Waals surface area contributed by atoms with E-state index in [0.717, 1.165) is 30.6 Å². The molecule has 0 bridgehead atoms. The van der Waals surface area contributed by atoms with Gasteiger partial charge in [-0.3, -0.25) is 0 Å². The highest BCUT2D eigenvalue weighted by Crippen LogP contribution is 2.24. The van der Waals surface area contributed by atoms with Gasteiger partial charge in [-0.15, -0.1) is 0 Å². The zero-order valence-electron chi connectivity index (χ0n) is 11.9. The van der Waals surface area contributed by atoms with E-state index in [1.807, 2.05) is 30.3 Å². The Morgan fingerprint density at radius 3 is 2.71 bits per heavy atom. The number of pyridine rings is 1. The third kappa shape index (κ3) is 4.88. The standard InChI is InChI=1S/C16H18Cl2N2O/c1-2-7-19-9-12-8-15(18)16(20-10-12)21-11-13-5-3-4-6-14(13)17/h3-6,8,10,19H,2,7,9,11H2,1H3. The fourth-order valence-corrected chi connectivity index (χ4v) is 2.27. The Labute approximate surface area is 135 Å². The molecule has 0 saturated carbocycles. The molecule has 1 aromatic heterocycles. The van der Waals surface area contributed by atoms with Crippen LogP contribution in [0.2, 0.25) is 10.0 Å². The summed E-state index contributed by atoms with van der Waals surface area (Å²) < 4.78 is 5.64.